The third-order valence-electron chi connectivity index (χ3n) is 3.43. The molecule has 2 heterocycles. The van der Waals surface area contributed by atoms with Gasteiger partial charge in [0.25, 0.3) is 5.91 Å². The van der Waals surface area contributed by atoms with Crippen molar-refractivity contribution in [2.75, 3.05) is 0 Å². The van der Waals surface area contributed by atoms with Gasteiger partial charge in [0, 0.05) is 4.88 Å². The summed E-state index contributed by atoms with van der Waals surface area (Å²) in [5, 5.41) is 9.35. The van der Waals surface area contributed by atoms with E-state index in [1.807, 2.05) is 37.3 Å². The van der Waals surface area contributed by atoms with E-state index in [1.165, 1.54) is 22.7 Å². The van der Waals surface area contributed by atoms with Gasteiger partial charge >= 0.3 is 5.97 Å². The second kappa shape index (κ2) is 6.10. The number of hydrogen-bond acceptors (Lipinski definition) is 4. The van der Waals surface area contributed by atoms with Gasteiger partial charge in [0.2, 0.25) is 0 Å². The highest BCUT2D eigenvalue weighted by atomic mass is 32.1. The number of hydrogen-bond donors (Lipinski definition) is 1. The van der Waals surface area contributed by atoms with Crippen LogP contribution in [0, 0.1) is 6.92 Å². The molecule has 1 atom stereocenters. The highest BCUT2D eigenvalue weighted by Gasteiger charge is 2.19. The first-order valence-corrected chi connectivity index (χ1v) is 8.59. The van der Waals surface area contributed by atoms with Crippen molar-refractivity contribution in [3.8, 4) is 0 Å². The molecule has 1 aromatic carbocycles. The van der Waals surface area contributed by atoms with Gasteiger partial charge in [-0.15, -0.1) is 11.3 Å². The molecule has 3 rings (SSSR count). The number of thiophene rings is 1. The number of carbonyl (C=O) groups excluding carboxylic acids is 1. The van der Waals surface area contributed by atoms with Crippen molar-refractivity contribution in [1.29, 1.82) is 0 Å². The predicted molar refractivity (Wildman–Crippen MR) is 91.1 cm³/mol. The average molecular weight is 346 g/mol. The number of nitrogens with zero attached hydrogens (tertiary/aromatic N) is 2. The van der Waals surface area contributed by atoms with E-state index < -0.39 is 12.0 Å². The van der Waals surface area contributed by atoms with Crippen LogP contribution in [0.5, 0.6) is 0 Å². The van der Waals surface area contributed by atoms with Crippen molar-refractivity contribution in [2.24, 2.45) is 4.99 Å². The predicted octanol–water partition coefficient (Wildman–Crippen LogP) is 3.46. The van der Waals surface area contributed by atoms with Crippen LogP contribution in [0.1, 0.15) is 27.5 Å². The van der Waals surface area contributed by atoms with Gasteiger partial charge in [-0.25, -0.2) is 4.79 Å². The van der Waals surface area contributed by atoms with Crippen molar-refractivity contribution in [3.63, 3.8) is 0 Å². The van der Waals surface area contributed by atoms with E-state index in [1.54, 1.807) is 17.6 Å². The number of carboxylic acid groups (broad SMARTS) is 1. The Hall–Kier alpha value is -2.25. The monoisotopic (exact) mass is 346 g/mol. The van der Waals surface area contributed by atoms with Gasteiger partial charge in [-0.05, 0) is 38.1 Å². The second-order valence-electron chi connectivity index (χ2n) is 5.06. The summed E-state index contributed by atoms with van der Waals surface area (Å²) in [6.45, 7) is 3.51. The number of rotatable bonds is 3. The van der Waals surface area contributed by atoms with Crippen LogP contribution >= 0.6 is 22.7 Å². The Bertz CT molecular complexity index is 965. The van der Waals surface area contributed by atoms with Crippen LogP contribution in [0.2, 0.25) is 0 Å². The Morgan fingerprint density at radius 1 is 1.17 bits per heavy atom. The van der Waals surface area contributed by atoms with Gasteiger partial charge in [-0.2, -0.15) is 4.99 Å². The highest BCUT2D eigenvalue weighted by Crippen LogP contribution is 2.21. The minimum atomic E-state index is -0.963. The molecule has 118 valence electrons. The normalized spacial score (nSPS) is 13.4. The van der Waals surface area contributed by atoms with Crippen molar-refractivity contribution < 1.29 is 14.7 Å². The summed E-state index contributed by atoms with van der Waals surface area (Å²) < 4.78 is 2.50. The maximum atomic E-state index is 12.3. The number of carbonyl (C=O) groups is 2. The molecule has 0 fully saturated rings. The molecule has 0 saturated heterocycles. The maximum absolute atomic E-state index is 12.3. The number of para-hydroxylation sites is 1. The van der Waals surface area contributed by atoms with Gasteiger partial charge in [0.15, 0.2) is 4.80 Å². The number of benzene rings is 1. The molecule has 23 heavy (non-hydrogen) atoms. The molecule has 1 N–H and O–H groups in total. The van der Waals surface area contributed by atoms with Crippen LogP contribution in [0.4, 0.5) is 0 Å². The topological polar surface area (TPSA) is 71.7 Å². The molecule has 0 aliphatic rings. The fraction of sp³-hybridized carbons (Fsp3) is 0.188. The molecule has 2 aromatic heterocycles. The summed E-state index contributed by atoms with van der Waals surface area (Å²) >= 11 is 2.69. The fourth-order valence-electron chi connectivity index (χ4n) is 2.25. The maximum Gasteiger partial charge on any atom is 0.326 e. The summed E-state index contributed by atoms with van der Waals surface area (Å²) in [7, 11) is 0. The largest absolute Gasteiger partial charge is 0.480 e. The first kappa shape index (κ1) is 15.6. The summed E-state index contributed by atoms with van der Waals surface area (Å²) in [6.07, 6.45) is 0. The Balaban J connectivity index is 2.20. The lowest BCUT2D eigenvalue weighted by Crippen LogP contribution is -2.25. The molecule has 3 aromatic rings. The molecule has 0 spiro atoms. The molecule has 0 radical (unpaired) electrons. The van der Waals surface area contributed by atoms with Crippen molar-refractivity contribution in [1.82, 2.24) is 4.57 Å². The quantitative estimate of drug-likeness (QED) is 0.789. The van der Waals surface area contributed by atoms with E-state index in [4.69, 9.17) is 0 Å². The third kappa shape index (κ3) is 2.97. The Morgan fingerprint density at radius 3 is 2.57 bits per heavy atom. The number of carboxylic acids is 1. The van der Waals surface area contributed by atoms with Crippen LogP contribution in [-0.2, 0) is 4.79 Å². The first-order chi connectivity index (χ1) is 11.0. The van der Waals surface area contributed by atoms with Gasteiger partial charge in [0.1, 0.15) is 6.04 Å². The minimum absolute atomic E-state index is 0.346. The van der Waals surface area contributed by atoms with Crippen LogP contribution in [0.25, 0.3) is 10.2 Å². The SMILES string of the molecule is Cc1ccc(C(=O)/N=c2/sc3ccccc3n2C(C)C(=O)O)s1. The average Bonchev–Trinajstić information content (AvgIpc) is 3.09. The standard InChI is InChI=1S/C16H14N2O3S2/c1-9-7-8-13(22-9)14(19)17-16-18(10(2)15(20)21)11-5-3-4-6-12(11)23-16/h3-8,10H,1-2H3,(H,20,21)/b17-16+. The van der Waals surface area contributed by atoms with E-state index >= 15 is 0 Å². The number of amides is 1. The summed E-state index contributed by atoms with van der Waals surface area (Å²) in [4.78, 5) is 29.9. The molecule has 0 aliphatic heterocycles. The number of aliphatic carboxylic acids is 1. The van der Waals surface area contributed by atoms with Crippen LogP contribution < -0.4 is 4.80 Å². The smallest absolute Gasteiger partial charge is 0.326 e. The lowest BCUT2D eigenvalue weighted by Gasteiger charge is -2.09. The van der Waals surface area contributed by atoms with Crippen molar-refractivity contribution in [3.05, 3.63) is 51.0 Å². The summed E-state index contributed by atoms with van der Waals surface area (Å²) in [6, 6.07) is 10.3. The van der Waals surface area contributed by atoms with E-state index in [9.17, 15) is 14.7 Å². The Kier molecular flexibility index (Phi) is 4.14. The molecule has 0 aliphatic carbocycles. The van der Waals surface area contributed by atoms with E-state index in [-0.39, 0.29) is 5.91 Å². The summed E-state index contributed by atoms with van der Waals surface area (Å²) in [5.74, 6) is -1.31. The van der Waals surface area contributed by atoms with Crippen LogP contribution in [0.15, 0.2) is 41.4 Å². The first-order valence-electron chi connectivity index (χ1n) is 6.96. The zero-order valence-electron chi connectivity index (χ0n) is 12.5. The Morgan fingerprint density at radius 2 is 1.91 bits per heavy atom. The molecule has 1 unspecified atom stereocenters. The molecule has 7 heteroatoms. The van der Waals surface area contributed by atoms with E-state index in [2.05, 4.69) is 4.99 Å². The lowest BCUT2D eigenvalue weighted by atomic mass is 10.3. The van der Waals surface area contributed by atoms with E-state index in [0.717, 1.165) is 15.1 Å². The van der Waals surface area contributed by atoms with E-state index in [0.29, 0.717) is 9.68 Å². The zero-order valence-corrected chi connectivity index (χ0v) is 14.1. The number of thiazole rings is 1. The number of aryl methyl sites for hydroxylation is 1. The number of fused-ring (bicyclic) bond motifs is 1. The lowest BCUT2D eigenvalue weighted by molar-refractivity contribution is -0.140. The zero-order chi connectivity index (χ0) is 16.6. The number of aromatic nitrogens is 1. The minimum Gasteiger partial charge on any atom is -0.480 e. The molecule has 1 amide bonds. The molecule has 0 saturated carbocycles. The molecule has 0 bridgehead atoms. The van der Waals surface area contributed by atoms with Crippen LogP contribution in [-0.4, -0.2) is 21.6 Å². The molecular weight excluding hydrogens is 332 g/mol. The fourth-order valence-corrected chi connectivity index (χ4v) is 4.10. The van der Waals surface area contributed by atoms with Crippen LogP contribution in [0.3, 0.4) is 0 Å². The Labute approximate surface area is 140 Å². The second-order valence-corrected chi connectivity index (χ2v) is 7.36. The molecule has 5 nitrogen and oxygen atoms in total. The van der Waals surface area contributed by atoms with Crippen molar-refractivity contribution >= 4 is 44.8 Å². The van der Waals surface area contributed by atoms with Gasteiger partial charge in [-0.3, -0.25) is 4.79 Å². The van der Waals surface area contributed by atoms with Gasteiger partial charge in [0.05, 0.1) is 15.1 Å². The highest BCUT2D eigenvalue weighted by molar-refractivity contribution is 7.16. The van der Waals surface area contributed by atoms with Gasteiger partial charge < -0.3 is 9.67 Å². The van der Waals surface area contributed by atoms with Crippen molar-refractivity contribution in [2.45, 2.75) is 19.9 Å². The third-order valence-corrected chi connectivity index (χ3v) is 5.45. The van der Waals surface area contributed by atoms with Gasteiger partial charge in [-0.1, -0.05) is 23.5 Å². The summed E-state index contributed by atoms with van der Waals surface area (Å²) in [5.41, 5.74) is 0.765. The molecular formula is C16H14N2O3S2.